The Morgan fingerprint density at radius 2 is 2.00 bits per heavy atom. The van der Waals surface area contributed by atoms with Gasteiger partial charge in [0.2, 0.25) is 5.91 Å². The Hall–Kier alpha value is -2.35. The smallest absolute Gasteiger partial charge is 0.326 e. The Bertz CT molecular complexity index is 861. The number of piperidine rings is 1. The number of likely N-dealkylation sites (tertiary alicyclic amines) is 1. The average Bonchev–Trinajstić information content (AvgIpc) is 3.06. The highest BCUT2D eigenvalue weighted by atomic mass is 19.4. The first kappa shape index (κ1) is 23.3. The van der Waals surface area contributed by atoms with Gasteiger partial charge in [0, 0.05) is 43.0 Å². The molecule has 31 heavy (non-hydrogen) atoms. The number of carbonyl (C=O) groups excluding carboxylic acids is 1. The van der Waals surface area contributed by atoms with E-state index >= 15 is 0 Å². The van der Waals surface area contributed by atoms with E-state index in [4.69, 9.17) is 0 Å². The first-order valence-corrected chi connectivity index (χ1v) is 11.0. The maximum atomic E-state index is 12.6. The van der Waals surface area contributed by atoms with Gasteiger partial charge in [-0.25, -0.2) is 0 Å². The predicted octanol–water partition coefficient (Wildman–Crippen LogP) is 5.25. The van der Waals surface area contributed by atoms with Crippen LogP contribution in [0.3, 0.4) is 0 Å². The molecule has 2 aromatic rings. The fourth-order valence-corrected chi connectivity index (χ4v) is 4.15. The Balaban J connectivity index is 1.45. The van der Waals surface area contributed by atoms with Crippen molar-refractivity contribution in [2.24, 2.45) is 5.92 Å². The number of hydrogen-bond acceptors (Lipinski definition) is 3. The lowest BCUT2D eigenvalue weighted by molar-refractivity contribution is -0.137. The first-order chi connectivity index (χ1) is 14.8. The number of aryl methyl sites for hydroxylation is 1. The zero-order valence-corrected chi connectivity index (χ0v) is 18.2. The molecule has 3 rings (SSSR count). The molecule has 1 aliphatic heterocycles. The van der Waals surface area contributed by atoms with Crippen LogP contribution in [-0.4, -0.2) is 33.7 Å². The van der Waals surface area contributed by atoms with Gasteiger partial charge in [-0.1, -0.05) is 6.92 Å². The summed E-state index contributed by atoms with van der Waals surface area (Å²) in [6, 6.07) is 4.56. The standard InChI is InChI=1S/C23H31F3N4O/c1-3-12-30-17(2)19(14-27-30)16-29-13-4-5-18(15-29)6-11-22(31)28-21-9-7-20(8-10-21)23(24,25)26/h7-10,14,18H,3-6,11-13,15-16H2,1-2H3,(H,28,31). The Kier molecular flexibility index (Phi) is 7.75. The molecule has 5 nitrogen and oxygen atoms in total. The second kappa shape index (κ2) is 10.3. The molecule has 1 aromatic heterocycles. The first-order valence-electron chi connectivity index (χ1n) is 11.0. The zero-order valence-electron chi connectivity index (χ0n) is 18.2. The van der Waals surface area contributed by atoms with Gasteiger partial charge in [-0.05, 0) is 69.3 Å². The van der Waals surface area contributed by atoms with E-state index in [1.54, 1.807) is 0 Å². The molecule has 1 fully saturated rings. The van der Waals surface area contributed by atoms with E-state index in [1.165, 1.54) is 23.4 Å². The van der Waals surface area contributed by atoms with Crippen molar-refractivity contribution < 1.29 is 18.0 Å². The average molecular weight is 437 g/mol. The Labute approximate surface area is 181 Å². The summed E-state index contributed by atoms with van der Waals surface area (Å²) in [7, 11) is 0. The molecule has 0 radical (unpaired) electrons. The number of nitrogens with zero attached hydrogens (tertiary/aromatic N) is 3. The lowest BCUT2D eigenvalue weighted by Crippen LogP contribution is -2.35. The van der Waals surface area contributed by atoms with Crippen LogP contribution in [0.5, 0.6) is 0 Å². The third-order valence-corrected chi connectivity index (χ3v) is 5.91. The molecule has 0 bridgehead atoms. The molecule has 170 valence electrons. The van der Waals surface area contributed by atoms with Gasteiger partial charge in [0.25, 0.3) is 0 Å². The number of carbonyl (C=O) groups is 1. The molecule has 1 unspecified atom stereocenters. The van der Waals surface area contributed by atoms with Crippen LogP contribution in [0.25, 0.3) is 0 Å². The molecule has 1 N–H and O–H groups in total. The second-order valence-corrected chi connectivity index (χ2v) is 8.38. The van der Waals surface area contributed by atoms with Crippen LogP contribution in [0.1, 0.15) is 55.8 Å². The quantitative estimate of drug-likeness (QED) is 0.615. The molecular formula is C23H31F3N4O. The van der Waals surface area contributed by atoms with Crippen molar-refractivity contribution in [1.29, 1.82) is 0 Å². The molecule has 2 heterocycles. The van der Waals surface area contributed by atoms with Gasteiger partial charge in [-0.2, -0.15) is 18.3 Å². The number of anilines is 1. The van der Waals surface area contributed by atoms with E-state index in [0.29, 0.717) is 18.0 Å². The molecular weight excluding hydrogens is 405 g/mol. The highest BCUT2D eigenvalue weighted by Crippen LogP contribution is 2.30. The molecule has 8 heteroatoms. The van der Waals surface area contributed by atoms with Crippen molar-refractivity contribution in [2.75, 3.05) is 18.4 Å². The maximum Gasteiger partial charge on any atom is 0.416 e. The molecule has 0 saturated carbocycles. The number of hydrogen-bond donors (Lipinski definition) is 1. The molecule has 1 amide bonds. The maximum absolute atomic E-state index is 12.6. The largest absolute Gasteiger partial charge is 0.416 e. The summed E-state index contributed by atoms with van der Waals surface area (Å²) in [4.78, 5) is 14.7. The summed E-state index contributed by atoms with van der Waals surface area (Å²) >= 11 is 0. The van der Waals surface area contributed by atoms with Crippen molar-refractivity contribution >= 4 is 11.6 Å². The summed E-state index contributed by atoms with van der Waals surface area (Å²) in [5.74, 6) is 0.284. The van der Waals surface area contributed by atoms with Crippen LogP contribution >= 0.6 is 0 Å². The summed E-state index contributed by atoms with van der Waals surface area (Å²) in [5.41, 5.74) is 2.15. The van der Waals surface area contributed by atoms with E-state index in [2.05, 4.69) is 33.8 Å². The second-order valence-electron chi connectivity index (χ2n) is 8.38. The van der Waals surface area contributed by atoms with Gasteiger partial charge in [-0.3, -0.25) is 14.4 Å². The van der Waals surface area contributed by atoms with E-state index in [0.717, 1.165) is 64.0 Å². The zero-order chi connectivity index (χ0) is 22.4. The Morgan fingerprint density at radius 3 is 2.68 bits per heavy atom. The fraction of sp³-hybridized carbons (Fsp3) is 0.565. The summed E-state index contributed by atoms with van der Waals surface area (Å²) in [6.07, 6.45) is 1.99. The minimum atomic E-state index is -4.37. The number of alkyl halides is 3. The lowest BCUT2D eigenvalue weighted by atomic mass is 9.93. The van der Waals surface area contributed by atoms with Gasteiger partial charge in [0.15, 0.2) is 0 Å². The van der Waals surface area contributed by atoms with Crippen molar-refractivity contribution in [3.05, 3.63) is 47.3 Å². The number of halogens is 3. The molecule has 1 aromatic carbocycles. The summed E-state index contributed by atoms with van der Waals surface area (Å²) in [5, 5.41) is 7.19. The predicted molar refractivity (Wildman–Crippen MR) is 115 cm³/mol. The SMILES string of the molecule is CCCn1ncc(CN2CCCC(CCC(=O)Nc3ccc(C(F)(F)F)cc3)C2)c1C. The van der Waals surface area contributed by atoms with Crippen LogP contribution in [-0.2, 0) is 24.1 Å². The topological polar surface area (TPSA) is 50.2 Å². The minimum absolute atomic E-state index is 0.159. The molecule has 0 aliphatic carbocycles. The van der Waals surface area contributed by atoms with E-state index < -0.39 is 11.7 Å². The molecule has 1 atom stereocenters. The van der Waals surface area contributed by atoms with Crippen LogP contribution in [0, 0.1) is 12.8 Å². The van der Waals surface area contributed by atoms with Gasteiger partial charge >= 0.3 is 6.18 Å². The fourth-order valence-electron chi connectivity index (χ4n) is 4.15. The normalized spacial score (nSPS) is 17.6. The van der Waals surface area contributed by atoms with Crippen molar-refractivity contribution in [3.63, 3.8) is 0 Å². The molecule has 1 aliphatic rings. The number of aromatic nitrogens is 2. The number of nitrogens with one attached hydrogen (secondary N) is 1. The third-order valence-electron chi connectivity index (χ3n) is 5.91. The van der Waals surface area contributed by atoms with Gasteiger partial charge in [0.05, 0.1) is 11.8 Å². The Morgan fingerprint density at radius 1 is 1.26 bits per heavy atom. The van der Waals surface area contributed by atoms with Crippen LogP contribution in [0.15, 0.2) is 30.5 Å². The molecule has 0 spiro atoms. The van der Waals surface area contributed by atoms with Crippen LogP contribution in [0.4, 0.5) is 18.9 Å². The lowest BCUT2D eigenvalue weighted by Gasteiger charge is -2.32. The third kappa shape index (κ3) is 6.56. The van der Waals surface area contributed by atoms with E-state index in [9.17, 15) is 18.0 Å². The van der Waals surface area contributed by atoms with Gasteiger partial charge < -0.3 is 5.32 Å². The van der Waals surface area contributed by atoms with Crippen molar-refractivity contribution in [2.45, 2.75) is 65.2 Å². The number of rotatable bonds is 8. The van der Waals surface area contributed by atoms with Crippen molar-refractivity contribution in [3.8, 4) is 0 Å². The van der Waals surface area contributed by atoms with Gasteiger partial charge in [-0.15, -0.1) is 0 Å². The number of benzene rings is 1. The summed E-state index contributed by atoms with van der Waals surface area (Å²) < 4.78 is 40.0. The highest BCUT2D eigenvalue weighted by molar-refractivity contribution is 5.90. The van der Waals surface area contributed by atoms with Crippen LogP contribution in [0.2, 0.25) is 0 Å². The van der Waals surface area contributed by atoms with Crippen molar-refractivity contribution in [1.82, 2.24) is 14.7 Å². The van der Waals surface area contributed by atoms with Gasteiger partial charge in [0.1, 0.15) is 0 Å². The van der Waals surface area contributed by atoms with E-state index in [-0.39, 0.29) is 5.91 Å². The molecule has 1 saturated heterocycles. The summed E-state index contributed by atoms with van der Waals surface area (Å²) in [6.45, 7) is 8.07. The minimum Gasteiger partial charge on any atom is -0.326 e. The van der Waals surface area contributed by atoms with Crippen LogP contribution < -0.4 is 5.32 Å². The highest BCUT2D eigenvalue weighted by Gasteiger charge is 2.30. The number of amides is 1. The monoisotopic (exact) mass is 436 g/mol. The van der Waals surface area contributed by atoms with E-state index in [1.807, 2.05) is 6.20 Å².